The van der Waals surface area contributed by atoms with Crippen LogP contribution in [0.15, 0.2) is 47.6 Å². The fourth-order valence-corrected chi connectivity index (χ4v) is 2.65. The summed E-state index contributed by atoms with van der Waals surface area (Å²) < 4.78 is 13.1. The number of aryl methyl sites for hydroxylation is 2. The number of benzene rings is 2. The fourth-order valence-electron chi connectivity index (χ4n) is 2.36. The minimum absolute atomic E-state index is 0.277. The van der Waals surface area contributed by atoms with Gasteiger partial charge in [0.1, 0.15) is 5.82 Å². The molecule has 0 saturated heterocycles. The monoisotopic (exact) mass is 377 g/mol. The van der Waals surface area contributed by atoms with Crippen LogP contribution in [0.4, 0.5) is 10.1 Å². The maximum absolute atomic E-state index is 13.1. The van der Waals surface area contributed by atoms with Crippen molar-refractivity contribution in [2.75, 3.05) is 11.2 Å². The number of rotatable bonds is 6. The molecule has 2 rings (SSSR count). The van der Waals surface area contributed by atoms with Crippen molar-refractivity contribution < 1.29 is 4.39 Å². The first kappa shape index (κ1) is 19.3. The van der Waals surface area contributed by atoms with Crippen molar-refractivity contribution in [1.29, 1.82) is 0 Å². The standard InChI is InChI=1S/C19H21ClFN3S/c1-13-5-10-17(14(2)12-13)22-19(25)24-23-18(4-3-11-20)15-6-8-16(21)9-7-15/h5-10,12H,3-4,11H2,1-2H3,(H2,22,24,25)/b23-18+. The van der Waals surface area contributed by atoms with E-state index in [1.165, 1.54) is 17.7 Å². The van der Waals surface area contributed by atoms with Crippen molar-refractivity contribution in [3.8, 4) is 0 Å². The zero-order chi connectivity index (χ0) is 18.2. The Morgan fingerprint density at radius 1 is 1.16 bits per heavy atom. The van der Waals surface area contributed by atoms with Gasteiger partial charge >= 0.3 is 0 Å². The van der Waals surface area contributed by atoms with Crippen molar-refractivity contribution in [3.05, 3.63) is 65.0 Å². The maximum atomic E-state index is 13.1. The van der Waals surface area contributed by atoms with Gasteiger partial charge in [-0.25, -0.2) is 4.39 Å². The van der Waals surface area contributed by atoms with Gasteiger partial charge < -0.3 is 5.32 Å². The molecule has 0 saturated carbocycles. The van der Waals surface area contributed by atoms with Gasteiger partial charge in [-0.2, -0.15) is 5.10 Å². The number of anilines is 1. The third kappa shape index (κ3) is 6.11. The lowest BCUT2D eigenvalue weighted by Crippen LogP contribution is -2.25. The van der Waals surface area contributed by atoms with E-state index < -0.39 is 0 Å². The Hall–Kier alpha value is -1.98. The molecular formula is C19H21ClFN3S. The van der Waals surface area contributed by atoms with Gasteiger partial charge in [0, 0.05) is 11.6 Å². The van der Waals surface area contributed by atoms with Crippen molar-refractivity contribution in [2.45, 2.75) is 26.7 Å². The smallest absolute Gasteiger partial charge is 0.191 e. The minimum Gasteiger partial charge on any atom is -0.331 e. The van der Waals surface area contributed by atoms with Crippen LogP contribution in [0.2, 0.25) is 0 Å². The topological polar surface area (TPSA) is 36.4 Å². The average Bonchev–Trinajstić information content (AvgIpc) is 2.58. The van der Waals surface area contributed by atoms with E-state index in [-0.39, 0.29) is 5.82 Å². The molecule has 0 bridgehead atoms. The lowest BCUT2D eigenvalue weighted by molar-refractivity contribution is 0.627. The third-order valence-electron chi connectivity index (χ3n) is 3.65. The van der Waals surface area contributed by atoms with Crippen molar-refractivity contribution in [3.63, 3.8) is 0 Å². The van der Waals surface area contributed by atoms with Gasteiger partial charge in [-0.1, -0.05) is 29.8 Å². The number of hydrazone groups is 1. The molecule has 0 amide bonds. The summed E-state index contributed by atoms with van der Waals surface area (Å²) in [5.41, 5.74) is 7.72. The highest BCUT2D eigenvalue weighted by Gasteiger charge is 2.06. The second-order valence-corrected chi connectivity index (χ2v) is 6.53. The van der Waals surface area contributed by atoms with Gasteiger partial charge in [-0.3, -0.25) is 5.43 Å². The molecule has 0 aliphatic carbocycles. The number of alkyl halides is 1. The van der Waals surface area contributed by atoms with Crippen LogP contribution in [0.1, 0.15) is 29.5 Å². The van der Waals surface area contributed by atoms with E-state index in [0.29, 0.717) is 17.4 Å². The number of hydrogen-bond donors (Lipinski definition) is 2. The van der Waals surface area contributed by atoms with E-state index in [4.69, 9.17) is 23.8 Å². The summed E-state index contributed by atoms with van der Waals surface area (Å²) in [6.07, 6.45) is 1.45. The number of nitrogens with zero attached hydrogens (tertiary/aromatic N) is 1. The highest BCUT2D eigenvalue weighted by molar-refractivity contribution is 7.80. The largest absolute Gasteiger partial charge is 0.331 e. The summed E-state index contributed by atoms with van der Waals surface area (Å²) in [7, 11) is 0. The van der Waals surface area contributed by atoms with Crippen LogP contribution < -0.4 is 10.7 Å². The Bertz CT molecular complexity index is 760. The molecule has 0 unspecified atom stereocenters. The van der Waals surface area contributed by atoms with Crippen LogP contribution in [0, 0.1) is 19.7 Å². The lowest BCUT2D eigenvalue weighted by atomic mass is 10.1. The molecule has 25 heavy (non-hydrogen) atoms. The molecule has 3 nitrogen and oxygen atoms in total. The van der Waals surface area contributed by atoms with E-state index in [9.17, 15) is 4.39 Å². The Labute approximate surface area is 158 Å². The van der Waals surface area contributed by atoms with Crippen molar-refractivity contribution in [2.24, 2.45) is 5.10 Å². The van der Waals surface area contributed by atoms with Crippen LogP contribution >= 0.6 is 23.8 Å². The van der Waals surface area contributed by atoms with Gasteiger partial charge in [0.2, 0.25) is 0 Å². The molecule has 0 aliphatic rings. The van der Waals surface area contributed by atoms with Crippen molar-refractivity contribution >= 4 is 40.3 Å². The number of nitrogens with one attached hydrogen (secondary N) is 2. The molecule has 0 atom stereocenters. The highest BCUT2D eigenvalue weighted by Crippen LogP contribution is 2.16. The molecular weight excluding hydrogens is 357 g/mol. The highest BCUT2D eigenvalue weighted by atomic mass is 35.5. The molecule has 0 aromatic heterocycles. The average molecular weight is 378 g/mol. The molecule has 0 spiro atoms. The quantitative estimate of drug-likeness (QED) is 0.316. The molecule has 2 N–H and O–H groups in total. The zero-order valence-corrected chi connectivity index (χ0v) is 15.8. The maximum Gasteiger partial charge on any atom is 0.191 e. The lowest BCUT2D eigenvalue weighted by Gasteiger charge is -2.12. The number of thiocarbonyl (C=S) groups is 1. The minimum atomic E-state index is -0.277. The molecule has 0 aliphatic heterocycles. The molecule has 0 fully saturated rings. The van der Waals surface area contributed by atoms with Gasteiger partial charge in [0.25, 0.3) is 0 Å². The summed E-state index contributed by atoms with van der Waals surface area (Å²) in [5.74, 6) is 0.256. The Morgan fingerprint density at radius 3 is 2.52 bits per heavy atom. The first-order valence-corrected chi connectivity index (χ1v) is 8.96. The van der Waals surface area contributed by atoms with E-state index in [0.717, 1.165) is 28.9 Å². The van der Waals surface area contributed by atoms with Crippen LogP contribution in [0.25, 0.3) is 0 Å². The SMILES string of the molecule is Cc1ccc(NC(=S)N/N=C(\CCCCl)c2ccc(F)cc2)c(C)c1. The Morgan fingerprint density at radius 2 is 1.88 bits per heavy atom. The first-order valence-electron chi connectivity index (χ1n) is 8.02. The zero-order valence-electron chi connectivity index (χ0n) is 14.3. The van der Waals surface area contributed by atoms with Crippen LogP contribution in [-0.2, 0) is 0 Å². The summed E-state index contributed by atoms with van der Waals surface area (Å²) in [6.45, 7) is 4.06. The fraction of sp³-hybridized carbons (Fsp3) is 0.263. The van der Waals surface area contributed by atoms with Gasteiger partial charge in [-0.15, -0.1) is 11.6 Å². The molecule has 0 heterocycles. The Balaban J connectivity index is 2.08. The van der Waals surface area contributed by atoms with E-state index in [1.807, 2.05) is 26.0 Å². The molecule has 6 heteroatoms. The second kappa shape index (κ2) is 9.49. The van der Waals surface area contributed by atoms with Crippen LogP contribution in [-0.4, -0.2) is 16.7 Å². The van der Waals surface area contributed by atoms with E-state index in [2.05, 4.69) is 21.9 Å². The third-order valence-corrected chi connectivity index (χ3v) is 4.11. The van der Waals surface area contributed by atoms with Crippen molar-refractivity contribution in [1.82, 2.24) is 5.43 Å². The first-order chi connectivity index (χ1) is 12.0. The summed E-state index contributed by atoms with van der Waals surface area (Å²) in [6, 6.07) is 12.3. The normalized spacial score (nSPS) is 11.3. The van der Waals surface area contributed by atoms with E-state index in [1.54, 1.807) is 12.1 Å². The second-order valence-electron chi connectivity index (χ2n) is 5.74. The van der Waals surface area contributed by atoms with Gasteiger partial charge in [0.15, 0.2) is 5.11 Å². The van der Waals surface area contributed by atoms with E-state index >= 15 is 0 Å². The predicted octanol–water partition coefficient (Wildman–Crippen LogP) is 5.15. The molecule has 132 valence electrons. The van der Waals surface area contributed by atoms with Crippen LogP contribution in [0.5, 0.6) is 0 Å². The van der Waals surface area contributed by atoms with Gasteiger partial charge in [0.05, 0.1) is 5.71 Å². The summed E-state index contributed by atoms with van der Waals surface area (Å²) in [5, 5.41) is 7.92. The predicted molar refractivity (Wildman–Crippen MR) is 108 cm³/mol. The molecule has 0 radical (unpaired) electrons. The Kier molecular flexibility index (Phi) is 7.34. The summed E-state index contributed by atoms with van der Waals surface area (Å²) in [4.78, 5) is 0. The summed E-state index contributed by atoms with van der Waals surface area (Å²) >= 11 is 11.1. The number of halogens is 2. The molecule has 2 aromatic carbocycles. The van der Waals surface area contributed by atoms with Gasteiger partial charge in [-0.05, 0) is 68.2 Å². The van der Waals surface area contributed by atoms with Crippen LogP contribution in [0.3, 0.4) is 0 Å². The number of hydrogen-bond acceptors (Lipinski definition) is 2. The molecule has 2 aromatic rings.